The number of guanidine groups is 1. The van der Waals surface area contributed by atoms with Crippen molar-refractivity contribution >= 4 is 41.3 Å². The van der Waals surface area contributed by atoms with Gasteiger partial charge in [0.2, 0.25) is 0 Å². The lowest BCUT2D eigenvalue weighted by Crippen LogP contribution is -2.42. The number of aromatic nitrogens is 1. The Balaban J connectivity index is 0.00000280. The Bertz CT molecular complexity index is 753. The quantitative estimate of drug-likeness (QED) is 0.349. The fourth-order valence-electron chi connectivity index (χ4n) is 3.53. The molecular formula is C21H32IN5S. The zero-order valence-electron chi connectivity index (χ0n) is 17.1. The van der Waals surface area contributed by atoms with Crippen molar-refractivity contribution in [1.82, 2.24) is 20.5 Å². The number of aryl methyl sites for hydroxylation is 2. The second-order valence-corrected chi connectivity index (χ2v) is 8.44. The minimum atomic E-state index is 0. The van der Waals surface area contributed by atoms with Gasteiger partial charge in [0, 0.05) is 32.1 Å². The van der Waals surface area contributed by atoms with E-state index >= 15 is 0 Å². The van der Waals surface area contributed by atoms with Crippen LogP contribution < -0.4 is 10.6 Å². The van der Waals surface area contributed by atoms with Gasteiger partial charge in [-0.05, 0) is 51.3 Å². The number of aliphatic imine (C=N–C) groups is 1. The Morgan fingerprint density at radius 3 is 2.68 bits per heavy atom. The van der Waals surface area contributed by atoms with E-state index in [9.17, 15) is 0 Å². The summed E-state index contributed by atoms with van der Waals surface area (Å²) in [5.74, 6) is 1.59. The summed E-state index contributed by atoms with van der Waals surface area (Å²) in [4.78, 5) is 11.5. The molecule has 1 aromatic heterocycles. The molecule has 28 heavy (non-hydrogen) atoms. The van der Waals surface area contributed by atoms with Gasteiger partial charge < -0.3 is 10.6 Å². The topological polar surface area (TPSA) is 52.6 Å². The summed E-state index contributed by atoms with van der Waals surface area (Å²) in [6, 6.07) is 8.58. The molecule has 0 aliphatic carbocycles. The number of halogens is 1. The Labute approximate surface area is 190 Å². The van der Waals surface area contributed by atoms with Crippen LogP contribution in [0.25, 0.3) is 0 Å². The third kappa shape index (κ3) is 7.33. The molecule has 1 aliphatic rings. The van der Waals surface area contributed by atoms with Crippen molar-refractivity contribution in [1.29, 1.82) is 0 Å². The fraction of sp³-hybridized carbons (Fsp3) is 0.524. The first-order chi connectivity index (χ1) is 13.1. The maximum absolute atomic E-state index is 4.59. The molecule has 0 radical (unpaired) electrons. The van der Waals surface area contributed by atoms with E-state index in [1.807, 2.05) is 7.05 Å². The van der Waals surface area contributed by atoms with E-state index in [-0.39, 0.29) is 24.0 Å². The number of thiazole rings is 1. The highest BCUT2D eigenvalue weighted by Crippen LogP contribution is 2.19. The van der Waals surface area contributed by atoms with Crippen molar-refractivity contribution in [2.45, 2.75) is 39.8 Å². The van der Waals surface area contributed by atoms with E-state index in [2.05, 4.69) is 69.0 Å². The first kappa shape index (κ1) is 23.1. The number of rotatable bonds is 6. The Morgan fingerprint density at radius 2 is 2.04 bits per heavy atom. The number of piperidine rings is 1. The van der Waals surface area contributed by atoms with Crippen LogP contribution in [0.1, 0.15) is 34.7 Å². The van der Waals surface area contributed by atoms with Crippen LogP contribution in [0.15, 0.2) is 34.6 Å². The average Bonchev–Trinajstić information content (AvgIpc) is 3.08. The molecule has 2 aromatic rings. The van der Waals surface area contributed by atoms with Crippen LogP contribution in [-0.2, 0) is 13.1 Å². The summed E-state index contributed by atoms with van der Waals surface area (Å²) in [5, 5.41) is 10.3. The Hall–Kier alpha value is -1.19. The molecule has 2 heterocycles. The predicted octanol–water partition coefficient (Wildman–Crippen LogP) is 3.96. The molecule has 1 fully saturated rings. The van der Waals surface area contributed by atoms with Gasteiger partial charge in [0.1, 0.15) is 0 Å². The molecule has 0 bridgehead atoms. The lowest BCUT2D eigenvalue weighted by molar-refractivity contribution is 0.176. The summed E-state index contributed by atoms with van der Waals surface area (Å²) < 4.78 is 0. The highest BCUT2D eigenvalue weighted by Gasteiger charge is 2.20. The standard InChI is InChI=1S/C21H31N5S.HI/c1-16-5-4-6-19(11-16)13-24-21(22-3)23-12-18-7-9-26(10-8-18)14-20-15-27-17(2)25-20;/h4-6,11,15,18H,7-10,12-14H2,1-3H3,(H2,22,23,24);1H. The average molecular weight is 513 g/mol. The van der Waals surface area contributed by atoms with Crippen molar-refractivity contribution in [3.63, 3.8) is 0 Å². The van der Waals surface area contributed by atoms with Gasteiger partial charge in [0.25, 0.3) is 0 Å². The second-order valence-electron chi connectivity index (χ2n) is 7.37. The molecule has 0 amide bonds. The molecule has 0 atom stereocenters. The molecule has 1 saturated heterocycles. The summed E-state index contributed by atoms with van der Waals surface area (Å²) in [6.45, 7) is 9.27. The number of benzene rings is 1. The van der Waals surface area contributed by atoms with Gasteiger partial charge in [-0.1, -0.05) is 29.8 Å². The van der Waals surface area contributed by atoms with Crippen LogP contribution in [-0.4, -0.2) is 42.5 Å². The first-order valence-corrected chi connectivity index (χ1v) is 10.6. The van der Waals surface area contributed by atoms with E-state index in [1.54, 1.807) is 11.3 Å². The zero-order valence-corrected chi connectivity index (χ0v) is 20.2. The first-order valence-electron chi connectivity index (χ1n) is 9.76. The predicted molar refractivity (Wildman–Crippen MR) is 130 cm³/mol. The molecule has 1 aliphatic heterocycles. The zero-order chi connectivity index (χ0) is 19.1. The van der Waals surface area contributed by atoms with Gasteiger partial charge in [-0.25, -0.2) is 4.98 Å². The van der Waals surface area contributed by atoms with Crippen LogP contribution in [0, 0.1) is 19.8 Å². The van der Waals surface area contributed by atoms with E-state index in [4.69, 9.17) is 0 Å². The van der Waals surface area contributed by atoms with Crippen LogP contribution in [0.3, 0.4) is 0 Å². The van der Waals surface area contributed by atoms with Crippen molar-refractivity contribution in [2.75, 3.05) is 26.7 Å². The lowest BCUT2D eigenvalue weighted by atomic mass is 9.97. The van der Waals surface area contributed by atoms with Crippen molar-refractivity contribution in [3.8, 4) is 0 Å². The molecule has 0 unspecified atom stereocenters. The Morgan fingerprint density at radius 1 is 1.25 bits per heavy atom. The van der Waals surface area contributed by atoms with Gasteiger partial charge >= 0.3 is 0 Å². The van der Waals surface area contributed by atoms with E-state index < -0.39 is 0 Å². The molecule has 5 nitrogen and oxygen atoms in total. The van der Waals surface area contributed by atoms with Crippen LogP contribution in [0.2, 0.25) is 0 Å². The van der Waals surface area contributed by atoms with Crippen LogP contribution >= 0.6 is 35.3 Å². The maximum atomic E-state index is 4.59. The molecule has 154 valence electrons. The summed E-state index contributed by atoms with van der Waals surface area (Å²) in [7, 11) is 1.84. The monoisotopic (exact) mass is 513 g/mol. The number of hydrogen-bond donors (Lipinski definition) is 2. The summed E-state index contributed by atoms with van der Waals surface area (Å²) in [6.07, 6.45) is 2.45. The molecule has 3 rings (SSSR count). The number of likely N-dealkylation sites (tertiary alicyclic amines) is 1. The van der Waals surface area contributed by atoms with Gasteiger partial charge in [0.15, 0.2) is 5.96 Å². The minimum absolute atomic E-state index is 0. The van der Waals surface area contributed by atoms with Gasteiger partial charge in [-0.3, -0.25) is 9.89 Å². The smallest absolute Gasteiger partial charge is 0.191 e. The molecule has 7 heteroatoms. The highest BCUT2D eigenvalue weighted by atomic mass is 127. The fourth-order valence-corrected chi connectivity index (χ4v) is 4.13. The van der Waals surface area contributed by atoms with Gasteiger partial charge in [0.05, 0.1) is 10.7 Å². The second kappa shape index (κ2) is 11.7. The van der Waals surface area contributed by atoms with Gasteiger partial charge in [-0.15, -0.1) is 35.3 Å². The van der Waals surface area contributed by atoms with Crippen molar-refractivity contribution in [3.05, 3.63) is 51.5 Å². The number of hydrogen-bond acceptors (Lipinski definition) is 4. The third-order valence-electron chi connectivity index (χ3n) is 5.08. The van der Waals surface area contributed by atoms with Crippen molar-refractivity contribution in [2.24, 2.45) is 10.9 Å². The largest absolute Gasteiger partial charge is 0.356 e. The minimum Gasteiger partial charge on any atom is -0.356 e. The molecule has 1 aromatic carbocycles. The third-order valence-corrected chi connectivity index (χ3v) is 5.91. The molecular weight excluding hydrogens is 481 g/mol. The van der Waals surface area contributed by atoms with Crippen LogP contribution in [0.5, 0.6) is 0 Å². The normalized spacial score (nSPS) is 15.9. The highest BCUT2D eigenvalue weighted by molar-refractivity contribution is 14.0. The number of nitrogens with zero attached hydrogens (tertiary/aromatic N) is 3. The SMILES string of the molecule is CN=C(NCc1cccc(C)c1)NCC1CCN(Cc2csc(C)n2)CC1.I. The number of nitrogens with one attached hydrogen (secondary N) is 2. The van der Waals surface area contributed by atoms with Gasteiger partial charge in [-0.2, -0.15) is 0 Å². The molecule has 0 spiro atoms. The Kier molecular flexibility index (Phi) is 9.67. The molecule has 0 saturated carbocycles. The van der Waals surface area contributed by atoms with E-state index in [0.717, 1.165) is 43.7 Å². The maximum Gasteiger partial charge on any atom is 0.191 e. The summed E-state index contributed by atoms with van der Waals surface area (Å²) >= 11 is 1.74. The van der Waals surface area contributed by atoms with E-state index in [0.29, 0.717) is 5.92 Å². The lowest BCUT2D eigenvalue weighted by Gasteiger charge is -2.31. The molecule has 2 N–H and O–H groups in total. The van der Waals surface area contributed by atoms with Crippen molar-refractivity contribution < 1.29 is 0 Å². The van der Waals surface area contributed by atoms with E-state index in [1.165, 1.54) is 29.7 Å². The summed E-state index contributed by atoms with van der Waals surface area (Å²) in [5.41, 5.74) is 3.79. The van der Waals surface area contributed by atoms with Crippen LogP contribution in [0.4, 0.5) is 0 Å².